The van der Waals surface area contributed by atoms with E-state index in [1.807, 2.05) is 37.3 Å². The average Bonchev–Trinajstić information content (AvgIpc) is 2.65. The summed E-state index contributed by atoms with van der Waals surface area (Å²) in [5, 5.41) is 9.15. The van der Waals surface area contributed by atoms with Gasteiger partial charge in [-0.2, -0.15) is 0 Å². The summed E-state index contributed by atoms with van der Waals surface area (Å²) in [7, 11) is 1.50. The number of carbonyl (C=O) groups is 2. The van der Waals surface area contributed by atoms with Gasteiger partial charge in [-0.15, -0.1) is 0 Å². The molecule has 138 valence electrons. The predicted molar refractivity (Wildman–Crippen MR) is 97.8 cm³/mol. The van der Waals surface area contributed by atoms with Crippen LogP contribution in [0.25, 0.3) is 0 Å². The number of nitrogens with zero attached hydrogens (tertiary/aromatic N) is 1. The van der Waals surface area contributed by atoms with Crippen molar-refractivity contribution < 1.29 is 24.2 Å². The molecule has 0 unspecified atom stereocenters. The van der Waals surface area contributed by atoms with Crippen molar-refractivity contribution in [3.05, 3.63) is 59.7 Å². The molecule has 0 bridgehead atoms. The third-order valence-corrected chi connectivity index (χ3v) is 3.84. The van der Waals surface area contributed by atoms with Crippen LogP contribution in [-0.2, 0) is 11.2 Å². The van der Waals surface area contributed by atoms with E-state index in [2.05, 4.69) is 0 Å². The maximum atomic E-state index is 12.8. The van der Waals surface area contributed by atoms with Gasteiger partial charge in [0.1, 0.15) is 6.54 Å². The van der Waals surface area contributed by atoms with Gasteiger partial charge >= 0.3 is 5.97 Å². The highest BCUT2D eigenvalue weighted by atomic mass is 16.5. The fourth-order valence-electron chi connectivity index (χ4n) is 2.58. The standard InChI is InChI=1S/C20H23NO5/c1-3-26-17-10-9-16(13-18(17)25-2)20(24)21(14-19(22)23)12-11-15-7-5-4-6-8-15/h4-10,13H,3,11-12,14H2,1-2H3,(H,22,23). The van der Waals surface area contributed by atoms with Gasteiger partial charge in [0.25, 0.3) is 5.91 Å². The first-order chi connectivity index (χ1) is 12.5. The number of carboxylic acid groups (broad SMARTS) is 1. The molecule has 1 amide bonds. The maximum Gasteiger partial charge on any atom is 0.323 e. The van der Waals surface area contributed by atoms with E-state index in [1.54, 1.807) is 18.2 Å². The molecule has 0 aliphatic carbocycles. The second kappa shape index (κ2) is 9.46. The van der Waals surface area contributed by atoms with Crippen LogP contribution in [-0.4, -0.2) is 48.7 Å². The molecule has 26 heavy (non-hydrogen) atoms. The lowest BCUT2D eigenvalue weighted by molar-refractivity contribution is -0.137. The fraction of sp³-hybridized carbons (Fsp3) is 0.300. The second-order valence-corrected chi connectivity index (χ2v) is 5.65. The zero-order valence-electron chi connectivity index (χ0n) is 15.0. The molecule has 0 atom stereocenters. The molecule has 6 nitrogen and oxygen atoms in total. The number of hydrogen-bond donors (Lipinski definition) is 1. The second-order valence-electron chi connectivity index (χ2n) is 5.65. The van der Waals surface area contributed by atoms with E-state index in [4.69, 9.17) is 14.6 Å². The molecule has 0 heterocycles. The highest BCUT2D eigenvalue weighted by molar-refractivity contribution is 5.96. The van der Waals surface area contributed by atoms with Gasteiger partial charge in [-0.05, 0) is 37.1 Å². The Morgan fingerprint density at radius 3 is 2.42 bits per heavy atom. The van der Waals surface area contributed by atoms with Crippen LogP contribution in [0.5, 0.6) is 11.5 Å². The van der Waals surface area contributed by atoms with Crippen LogP contribution in [0.15, 0.2) is 48.5 Å². The monoisotopic (exact) mass is 357 g/mol. The van der Waals surface area contributed by atoms with Gasteiger partial charge in [0, 0.05) is 12.1 Å². The van der Waals surface area contributed by atoms with Crippen molar-refractivity contribution in [3.63, 3.8) is 0 Å². The van der Waals surface area contributed by atoms with E-state index in [1.165, 1.54) is 12.0 Å². The number of hydrogen-bond acceptors (Lipinski definition) is 4. The number of carbonyl (C=O) groups excluding carboxylic acids is 1. The van der Waals surface area contributed by atoms with E-state index in [-0.39, 0.29) is 12.5 Å². The first-order valence-electron chi connectivity index (χ1n) is 8.41. The first-order valence-corrected chi connectivity index (χ1v) is 8.41. The van der Waals surface area contributed by atoms with Crippen molar-refractivity contribution in [1.82, 2.24) is 4.90 Å². The van der Waals surface area contributed by atoms with Gasteiger partial charge in [0.15, 0.2) is 11.5 Å². The van der Waals surface area contributed by atoms with Crippen LogP contribution < -0.4 is 9.47 Å². The smallest absolute Gasteiger partial charge is 0.323 e. The van der Waals surface area contributed by atoms with E-state index >= 15 is 0 Å². The Morgan fingerprint density at radius 2 is 1.81 bits per heavy atom. The molecule has 1 N–H and O–H groups in total. The molecule has 0 aromatic heterocycles. The summed E-state index contributed by atoms with van der Waals surface area (Å²) >= 11 is 0. The van der Waals surface area contributed by atoms with Crippen LogP contribution in [0.2, 0.25) is 0 Å². The maximum absolute atomic E-state index is 12.8. The van der Waals surface area contributed by atoms with Gasteiger partial charge in [0.2, 0.25) is 0 Å². The number of ether oxygens (including phenoxy) is 2. The highest BCUT2D eigenvalue weighted by Crippen LogP contribution is 2.28. The van der Waals surface area contributed by atoms with Crippen LogP contribution in [0.1, 0.15) is 22.8 Å². The molecule has 2 aromatic rings. The largest absolute Gasteiger partial charge is 0.493 e. The van der Waals surface area contributed by atoms with Crippen LogP contribution >= 0.6 is 0 Å². The van der Waals surface area contributed by atoms with Crippen LogP contribution in [0.3, 0.4) is 0 Å². The van der Waals surface area contributed by atoms with Crippen LogP contribution in [0, 0.1) is 0 Å². The molecule has 0 radical (unpaired) electrons. The number of aliphatic carboxylic acids is 1. The number of rotatable bonds is 9. The lowest BCUT2D eigenvalue weighted by Crippen LogP contribution is -2.37. The minimum atomic E-state index is -1.05. The number of carboxylic acids is 1. The van der Waals surface area contributed by atoms with Crippen molar-refractivity contribution in [2.45, 2.75) is 13.3 Å². The third kappa shape index (κ3) is 5.24. The molecule has 2 aromatic carbocycles. The molecule has 0 spiro atoms. The molecular formula is C20H23NO5. The average molecular weight is 357 g/mol. The summed E-state index contributed by atoms with van der Waals surface area (Å²) < 4.78 is 10.7. The van der Waals surface area contributed by atoms with E-state index in [9.17, 15) is 9.59 Å². The minimum absolute atomic E-state index is 0.310. The van der Waals surface area contributed by atoms with Crippen molar-refractivity contribution in [1.29, 1.82) is 0 Å². The normalized spacial score (nSPS) is 10.2. The van der Waals surface area contributed by atoms with E-state index in [0.29, 0.717) is 36.6 Å². The number of methoxy groups -OCH3 is 1. The summed E-state index contributed by atoms with van der Waals surface area (Å²) in [4.78, 5) is 25.3. The first kappa shape index (κ1) is 19.3. The molecular weight excluding hydrogens is 334 g/mol. The zero-order chi connectivity index (χ0) is 18.9. The molecule has 6 heteroatoms. The lowest BCUT2D eigenvalue weighted by atomic mass is 10.1. The molecule has 0 fully saturated rings. The summed E-state index contributed by atoms with van der Waals surface area (Å²) in [6.45, 7) is 2.29. The van der Waals surface area contributed by atoms with Gasteiger partial charge in [-0.25, -0.2) is 0 Å². The Labute approximate surface area is 153 Å². The predicted octanol–water partition coefficient (Wildman–Crippen LogP) is 2.86. The van der Waals surface area contributed by atoms with E-state index < -0.39 is 5.97 Å². The summed E-state index contributed by atoms with van der Waals surface area (Å²) in [6.07, 6.45) is 0.577. The van der Waals surface area contributed by atoms with Crippen LogP contribution in [0.4, 0.5) is 0 Å². The van der Waals surface area contributed by atoms with Crippen molar-refractivity contribution in [3.8, 4) is 11.5 Å². The Balaban J connectivity index is 2.18. The molecule has 0 saturated heterocycles. The topological polar surface area (TPSA) is 76.1 Å². The van der Waals surface area contributed by atoms with E-state index in [0.717, 1.165) is 5.56 Å². The molecule has 0 aliphatic rings. The SMILES string of the molecule is CCOc1ccc(C(=O)N(CCc2ccccc2)CC(=O)O)cc1OC. The molecule has 0 saturated carbocycles. The number of benzene rings is 2. The quantitative estimate of drug-likeness (QED) is 0.747. The Kier molecular flexibility index (Phi) is 7.02. The molecule has 0 aliphatic heterocycles. The van der Waals surface area contributed by atoms with Gasteiger partial charge in [-0.1, -0.05) is 30.3 Å². The van der Waals surface area contributed by atoms with Gasteiger partial charge in [-0.3, -0.25) is 9.59 Å². The van der Waals surface area contributed by atoms with Gasteiger partial charge in [0.05, 0.1) is 13.7 Å². The zero-order valence-corrected chi connectivity index (χ0v) is 15.0. The molecule has 2 rings (SSSR count). The highest BCUT2D eigenvalue weighted by Gasteiger charge is 2.20. The summed E-state index contributed by atoms with van der Waals surface area (Å²) in [5.41, 5.74) is 1.40. The third-order valence-electron chi connectivity index (χ3n) is 3.84. The van der Waals surface area contributed by atoms with Gasteiger partial charge < -0.3 is 19.5 Å². The number of amides is 1. The Morgan fingerprint density at radius 1 is 1.08 bits per heavy atom. The minimum Gasteiger partial charge on any atom is -0.493 e. The Hall–Kier alpha value is -3.02. The summed E-state index contributed by atoms with van der Waals surface area (Å²) in [6, 6.07) is 14.5. The lowest BCUT2D eigenvalue weighted by Gasteiger charge is -2.21. The van der Waals surface area contributed by atoms with Crippen molar-refractivity contribution in [2.24, 2.45) is 0 Å². The fourth-order valence-corrected chi connectivity index (χ4v) is 2.58. The summed E-state index contributed by atoms with van der Waals surface area (Å²) in [5.74, 6) is -0.425. The van der Waals surface area contributed by atoms with Crippen molar-refractivity contribution in [2.75, 3.05) is 26.8 Å². The van der Waals surface area contributed by atoms with Crippen molar-refractivity contribution >= 4 is 11.9 Å². The Bertz CT molecular complexity index is 745.